The van der Waals surface area contributed by atoms with Crippen molar-refractivity contribution in [2.45, 2.75) is 32.6 Å². The first-order chi connectivity index (χ1) is 6.75. The molecule has 14 heavy (non-hydrogen) atoms. The first-order valence-electron chi connectivity index (χ1n) is 5.01. The maximum absolute atomic E-state index is 11.6. The predicted octanol–water partition coefficient (Wildman–Crippen LogP) is 1.95. The largest absolute Gasteiger partial charge is 0.331 e. The molecule has 0 radical (unpaired) electrons. The molecule has 0 unspecified atom stereocenters. The van der Waals surface area contributed by atoms with Crippen molar-refractivity contribution in [3.8, 4) is 0 Å². The van der Waals surface area contributed by atoms with E-state index < -0.39 is 0 Å². The molecule has 0 aliphatic heterocycles. The molecule has 1 amide bonds. The van der Waals surface area contributed by atoms with Crippen LogP contribution in [0, 0.1) is 0 Å². The molecule has 0 atom stereocenters. The Labute approximate surface area is 84.3 Å². The number of unbranched alkanes of at least 4 members (excludes halogenated alkanes) is 2. The lowest BCUT2D eigenvalue weighted by molar-refractivity contribution is -0.118. The zero-order chi connectivity index (χ0) is 10.4. The van der Waals surface area contributed by atoms with Crippen molar-refractivity contribution in [1.29, 1.82) is 0 Å². The number of amides is 1. The van der Waals surface area contributed by atoms with E-state index in [9.17, 15) is 4.79 Å². The Morgan fingerprint density at radius 1 is 1.57 bits per heavy atom. The van der Waals surface area contributed by atoms with Gasteiger partial charge in [0.25, 0.3) is 0 Å². The maximum atomic E-state index is 11.6. The van der Waals surface area contributed by atoms with Crippen LogP contribution in [0.25, 0.3) is 0 Å². The summed E-state index contributed by atoms with van der Waals surface area (Å²) in [5.74, 6) is 0.736. The summed E-state index contributed by atoms with van der Waals surface area (Å²) in [6.07, 6.45) is 7.16. The molecule has 0 saturated heterocycles. The molecule has 0 fully saturated rings. The number of rotatable bonds is 5. The third-order valence-corrected chi connectivity index (χ3v) is 2.17. The van der Waals surface area contributed by atoms with Gasteiger partial charge in [-0.25, -0.2) is 4.98 Å². The van der Waals surface area contributed by atoms with Crippen LogP contribution in [0.15, 0.2) is 12.4 Å². The van der Waals surface area contributed by atoms with Gasteiger partial charge in [0, 0.05) is 25.9 Å². The molecule has 1 aromatic heterocycles. The topological polar surface area (TPSA) is 49.0 Å². The third-order valence-electron chi connectivity index (χ3n) is 2.17. The van der Waals surface area contributed by atoms with E-state index in [2.05, 4.69) is 16.9 Å². The normalized spacial score (nSPS) is 10.1. The summed E-state index contributed by atoms with van der Waals surface area (Å²) in [6.45, 7) is 2.13. The van der Waals surface area contributed by atoms with E-state index in [4.69, 9.17) is 0 Å². The lowest BCUT2D eigenvalue weighted by Gasteiger charge is -2.13. The number of nitrogens with one attached hydrogen (secondary N) is 1. The van der Waals surface area contributed by atoms with Crippen molar-refractivity contribution in [2.75, 3.05) is 11.9 Å². The Balaban J connectivity index is 2.37. The van der Waals surface area contributed by atoms with E-state index in [1.807, 2.05) is 0 Å². The van der Waals surface area contributed by atoms with E-state index in [1.54, 1.807) is 24.3 Å². The van der Waals surface area contributed by atoms with Crippen LogP contribution in [-0.2, 0) is 4.79 Å². The second kappa shape index (κ2) is 5.42. The maximum Gasteiger partial charge on any atom is 0.229 e. The zero-order valence-electron chi connectivity index (χ0n) is 8.79. The van der Waals surface area contributed by atoms with Crippen molar-refractivity contribution >= 4 is 11.9 Å². The number of H-pyrrole nitrogens is 1. The summed E-state index contributed by atoms with van der Waals surface area (Å²) >= 11 is 0. The SMILES string of the molecule is CCCCCC(=O)N(C)c1ncc[nH]1. The number of anilines is 1. The molecule has 78 valence electrons. The van der Waals surface area contributed by atoms with Crippen LogP contribution < -0.4 is 4.90 Å². The molecule has 0 aliphatic rings. The highest BCUT2D eigenvalue weighted by atomic mass is 16.2. The smallest absolute Gasteiger partial charge is 0.229 e. The van der Waals surface area contributed by atoms with Crippen molar-refractivity contribution in [1.82, 2.24) is 9.97 Å². The molecule has 4 heteroatoms. The van der Waals surface area contributed by atoms with E-state index in [0.29, 0.717) is 12.4 Å². The van der Waals surface area contributed by atoms with E-state index in [0.717, 1.165) is 19.3 Å². The molecule has 0 bridgehead atoms. The molecular formula is C10H17N3O. The van der Waals surface area contributed by atoms with Crippen LogP contribution in [0.5, 0.6) is 0 Å². The van der Waals surface area contributed by atoms with E-state index in [-0.39, 0.29) is 5.91 Å². The Bertz CT molecular complexity index is 269. The summed E-state index contributed by atoms with van der Waals surface area (Å²) in [4.78, 5) is 20.1. The first-order valence-corrected chi connectivity index (χ1v) is 5.01. The van der Waals surface area contributed by atoms with E-state index >= 15 is 0 Å². The molecule has 1 heterocycles. The van der Waals surface area contributed by atoms with Crippen molar-refractivity contribution < 1.29 is 4.79 Å². The van der Waals surface area contributed by atoms with Gasteiger partial charge in [-0.05, 0) is 6.42 Å². The fraction of sp³-hybridized carbons (Fsp3) is 0.600. The first kappa shape index (κ1) is 10.8. The number of hydrogen-bond donors (Lipinski definition) is 1. The Hall–Kier alpha value is -1.32. The monoisotopic (exact) mass is 195 g/mol. The summed E-state index contributed by atoms with van der Waals surface area (Å²) in [5, 5.41) is 0. The molecule has 0 aromatic carbocycles. The average molecular weight is 195 g/mol. The van der Waals surface area contributed by atoms with Gasteiger partial charge in [-0.1, -0.05) is 19.8 Å². The number of hydrogen-bond acceptors (Lipinski definition) is 2. The van der Waals surface area contributed by atoms with Crippen LogP contribution in [0.4, 0.5) is 5.95 Å². The molecular weight excluding hydrogens is 178 g/mol. The highest BCUT2D eigenvalue weighted by molar-refractivity contribution is 5.90. The molecule has 1 rings (SSSR count). The van der Waals surface area contributed by atoms with Gasteiger partial charge in [-0.15, -0.1) is 0 Å². The van der Waals surface area contributed by atoms with Gasteiger partial charge in [0.15, 0.2) is 0 Å². The Kier molecular flexibility index (Phi) is 4.16. The van der Waals surface area contributed by atoms with Gasteiger partial charge in [0.1, 0.15) is 0 Å². The predicted molar refractivity (Wildman–Crippen MR) is 56.1 cm³/mol. The van der Waals surface area contributed by atoms with Crippen LogP contribution in [-0.4, -0.2) is 22.9 Å². The standard InChI is InChI=1S/C10H17N3O/c1-3-4-5-6-9(14)13(2)10-11-7-8-12-10/h7-8H,3-6H2,1-2H3,(H,11,12). The zero-order valence-corrected chi connectivity index (χ0v) is 8.79. The van der Waals surface area contributed by atoms with E-state index in [1.165, 1.54) is 0 Å². The molecule has 0 aliphatic carbocycles. The molecule has 0 saturated carbocycles. The number of nitrogens with zero attached hydrogens (tertiary/aromatic N) is 2. The fourth-order valence-electron chi connectivity index (χ4n) is 1.25. The van der Waals surface area contributed by atoms with Crippen LogP contribution >= 0.6 is 0 Å². The van der Waals surface area contributed by atoms with Gasteiger partial charge >= 0.3 is 0 Å². The number of carbonyl (C=O) groups excluding carboxylic acids is 1. The number of aromatic nitrogens is 2. The second-order valence-corrected chi connectivity index (χ2v) is 3.32. The van der Waals surface area contributed by atoms with Crippen LogP contribution in [0.3, 0.4) is 0 Å². The highest BCUT2D eigenvalue weighted by Crippen LogP contribution is 2.07. The minimum absolute atomic E-state index is 0.119. The average Bonchev–Trinajstić information content (AvgIpc) is 2.69. The minimum atomic E-state index is 0.119. The van der Waals surface area contributed by atoms with Gasteiger partial charge in [-0.3, -0.25) is 9.69 Å². The molecule has 1 N–H and O–H groups in total. The Morgan fingerprint density at radius 2 is 2.36 bits per heavy atom. The van der Waals surface area contributed by atoms with Crippen molar-refractivity contribution in [3.05, 3.63) is 12.4 Å². The number of imidazole rings is 1. The van der Waals surface area contributed by atoms with Gasteiger partial charge in [0.05, 0.1) is 0 Å². The van der Waals surface area contributed by atoms with Gasteiger partial charge in [0.2, 0.25) is 11.9 Å². The van der Waals surface area contributed by atoms with Crippen molar-refractivity contribution in [3.63, 3.8) is 0 Å². The lowest BCUT2D eigenvalue weighted by atomic mass is 10.2. The highest BCUT2D eigenvalue weighted by Gasteiger charge is 2.11. The Morgan fingerprint density at radius 3 is 2.93 bits per heavy atom. The summed E-state index contributed by atoms with van der Waals surface area (Å²) < 4.78 is 0. The number of carbonyl (C=O) groups is 1. The quantitative estimate of drug-likeness (QED) is 0.730. The minimum Gasteiger partial charge on any atom is -0.331 e. The number of aromatic amines is 1. The van der Waals surface area contributed by atoms with Crippen molar-refractivity contribution in [2.24, 2.45) is 0 Å². The third kappa shape index (κ3) is 2.87. The van der Waals surface area contributed by atoms with Crippen LogP contribution in [0.2, 0.25) is 0 Å². The second-order valence-electron chi connectivity index (χ2n) is 3.32. The summed E-state index contributed by atoms with van der Waals surface area (Å²) in [5.41, 5.74) is 0. The summed E-state index contributed by atoms with van der Waals surface area (Å²) in [6, 6.07) is 0. The van der Waals surface area contributed by atoms with Crippen LogP contribution in [0.1, 0.15) is 32.6 Å². The van der Waals surface area contributed by atoms with Gasteiger partial charge < -0.3 is 4.98 Å². The molecule has 4 nitrogen and oxygen atoms in total. The van der Waals surface area contributed by atoms with Gasteiger partial charge in [-0.2, -0.15) is 0 Å². The summed E-state index contributed by atoms with van der Waals surface area (Å²) in [7, 11) is 1.74. The fourth-order valence-corrected chi connectivity index (χ4v) is 1.25. The lowest BCUT2D eigenvalue weighted by Crippen LogP contribution is -2.26. The molecule has 1 aromatic rings. The molecule has 0 spiro atoms.